The first-order valence-corrected chi connectivity index (χ1v) is 9.22. The van der Waals surface area contributed by atoms with Gasteiger partial charge < -0.3 is 4.74 Å². The molecule has 0 heterocycles. The minimum Gasteiger partial charge on any atom is -0.469 e. The van der Waals surface area contributed by atoms with E-state index in [-0.39, 0.29) is 31.1 Å². The Bertz CT molecular complexity index is 653. The Morgan fingerprint density at radius 1 is 1.36 bits per heavy atom. The van der Waals surface area contributed by atoms with Crippen LogP contribution in [0.5, 0.6) is 0 Å². The van der Waals surface area contributed by atoms with E-state index in [9.17, 15) is 13.6 Å². The molecule has 1 aliphatic carbocycles. The summed E-state index contributed by atoms with van der Waals surface area (Å²) < 4.78 is 32.8. The van der Waals surface area contributed by atoms with E-state index in [4.69, 9.17) is 9.73 Å². The first-order valence-electron chi connectivity index (χ1n) is 8.43. The SMILES string of the molecule is COC(=O)CC(C)=NC(C)(c1ccccc1Br)C1CCC(F)(F)CC1. The summed E-state index contributed by atoms with van der Waals surface area (Å²) in [6.45, 7) is 3.76. The van der Waals surface area contributed by atoms with Gasteiger partial charge in [-0.2, -0.15) is 0 Å². The van der Waals surface area contributed by atoms with Crippen molar-refractivity contribution in [2.24, 2.45) is 10.9 Å². The second kappa shape index (κ2) is 7.94. The zero-order valence-electron chi connectivity index (χ0n) is 14.8. The number of methoxy groups -OCH3 is 1. The van der Waals surface area contributed by atoms with Gasteiger partial charge >= 0.3 is 5.97 Å². The number of hydrogen-bond acceptors (Lipinski definition) is 3. The van der Waals surface area contributed by atoms with Crippen LogP contribution in [0.25, 0.3) is 0 Å². The molecule has 0 bridgehead atoms. The van der Waals surface area contributed by atoms with E-state index in [1.165, 1.54) is 7.11 Å². The van der Waals surface area contributed by atoms with E-state index < -0.39 is 11.5 Å². The van der Waals surface area contributed by atoms with Gasteiger partial charge in [-0.15, -0.1) is 0 Å². The maximum absolute atomic E-state index is 13.6. The van der Waals surface area contributed by atoms with Gasteiger partial charge in [-0.25, -0.2) is 8.78 Å². The highest BCUT2D eigenvalue weighted by Crippen LogP contribution is 2.47. The number of halogens is 3. The molecule has 1 aliphatic rings. The fraction of sp³-hybridized carbons (Fsp3) is 0.579. The number of rotatable bonds is 5. The van der Waals surface area contributed by atoms with Crippen LogP contribution in [-0.4, -0.2) is 24.7 Å². The molecule has 0 spiro atoms. The highest BCUT2D eigenvalue weighted by atomic mass is 79.9. The first-order chi connectivity index (χ1) is 11.7. The Balaban J connectivity index is 2.40. The molecule has 1 atom stereocenters. The van der Waals surface area contributed by atoms with Crippen molar-refractivity contribution in [1.82, 2.24) is 0 Å². The molecule has 0 aliphatic heterocycles. The fourth-order valence-electron chi connectivity index (χ4n) is 3.56. The van der Waals surface area contributed by atoms with Gasteiger partial charge in [0.15, 0.2) is 0 Å². The van der Waals surface area contributed by atoms with Crippen LogP contribution in [0.1, 0.15) is 51.5 Å². The summed E-state index contributed by atoms with van der Waals surface area (Å²) in [5.74, 6) is -2.96. The molecule has 1 saturated carbocycles. The molecule has 1 fully saturated rings. The first kappa shape index (κ1) is 20.0. The Labute approximate surface area is 156 Å². The Kier molecular flexibility index (Phi) is 6.35. The van der Waals surface area contributed by atoms with E-state index in [1.807, 2.05) is 31.2 Å². The number of ether oxygens (including phenoxy) is 1. The molecule has 1 aromatic rings. The summed E-state index contributed by atoms with van der Waals surface area (Å²) in [6, 6.07) is 7.72. The lowest BCUT2D eigenvalue weighted by Crippen LogP contribution is -2.37. The van der Waals surface area contributed by atoms with Crippen molar-refractivity contribution in [3.05, 3.63) is 34.3 Å². The minimum absolute atomic E-state index is 0.0154. The molecule has 1 aromatic carbocycles. The number of hydrogen-bond donors (Lipinski definition) is 0. The van der Waals surface area contributed by atoms with E-state index in [1.54, 1.807) is 6.92 Å². The van der Waals surface area contributed by atoms with Crippen molar-refractivity contribution in [2.75, 3.05) is 7.11 Å². The highest BCUT2D eigenvalue weighted by Gasteiger charge is 2.44. The summed E-state index contributed by atoms with van der Waals surface area (Å²) in [5.41, 5.74) is 0.922. The zero-order chi connectivity index (χ0) is 18.7. The molecule has 3 nitrogen and oxygen atoms in total. The quantitative estimate of drug-likeness (QED) is 0.469. The van der Waals surface area contributed by atoms with Gasteiger partial charge in [0, 0.05) is 23.0 Å². The molecule has 1 unspecified atom stereocenters. The van der Waals surface area contributed by atoms with Crippen LogP contribution in [0.15, 0.2) is 33.7 Å². The lowest BCUT2D eigenvalue weighted by Gasteiger charge is -2.40. The number of benzene rings is 1. The third-order valence-corrected chi connectivity index (χ3v) is 5.67. The highest BCUT2D eigenvalue weighted by molar-refractivity contribution is 9.10. The van der Waals surface area contributed by atoms with Crippen LogP contribution >= 0.6 is 15.9 Å². The summed E-state index contributed by atoms with van der Waals surface area (Å²) >= 11 is 3.57. The molecule has 0 saturated heterocycles. The molecule has 0 N–H and O–H groups in total. The predicted molar refractivity (Wildman–Crippen MR) is 98.1 cm³/mol. The van der Waals surface area contributed by atoms with Crippen molar-refractivity contribution < 1.29 is 18.3 Å². The average molecular weight is 416 g/mol. The van der Waals surface area contributed by atoms with Crippen LogP contribution in [0, 0.1) is 5.92 Å². The van der Waals surface area contributed by atoms with E-state index >= 15 is 0 Å². The Hall–Kier alpha value is -1.30. The van der Waals surface area contributed by atoms with Gasteiger partial charge in [-0.3, -0.25) is 9.79 Å². The van der Waals surface area contributed by atoms with Crippen LogP contribution in [0.4, 0.5) is 8.78 Å². The van der Waals surface area contributed by atoms with Crippen molar-refractivity contribution in [2.45, 2.75) is 57.4 Å². The normalized spacial score (nSPS) is 20.8. The summed E-state index contributed by atoms with van der Waals surface area (Å²) in [6.07, 6.45) is 0.658. The monoisotopic (exact) mass is 415 g/mol. The second-order valence-corrected chi connectivity index (χ2v) is 7.71. The van der Waals surface area contributed by atoms with E-state index in [0.29, 0.717) is 18.6 Å². The molecule has 138 valence electrons. The summed E-state index contributed by atoms with van der Waals surface area (Å²) in [4.78, 5) is 16.4. The van der Waals surface area contributed by atoms with Crippen molar-refractivity contribution in [1.29, 1.82) is 0 Å². The smallest absolute Gasteiger partial charge is 0.311 e. The lowest BCUT2D eigenvalue weighted by molar-refractivity contribution is -0.139. The van der Waals surface area contributed by atoms with Gasteiger partial charge in [-0.1, -0.05) is 34.1 Å². The number of esters is 1. The van der Waals surface area contributed by atoms with Crippen molar-refractivity contribution in [3.63, 3.8) is 0 Å². The van der Waals surface area contributed by atoms with Crippen molar-refractivity contribution in [3.8, 4) is 0 Å². The molecule has 0 radical (unpaired) electrons. The molecule has 6 heteroatoms. The van der Waals surface area contributed by atoms with Gasteiger partial charge in [0.1, 0.15) is 0 Å². The third kappa shape index (κ3) is 4.87. The van der Waals surface area contributed by atoms with Gasteiger partial charge in [0.05, 0.1) is 19.1 Å². The van der Waals surface area contributed by atoms with E-state index in [2.05, 4.69) is 15.9 Å². The van der Waals surface area contributed by atoms with Gasteiger partial charge in [0.25, 0.3) is 0 Å². The van der Waals surface area contributed by atoms with Gasteiger partial charge in [-0.05, 0) is 44.2 Å². The van der Waals surface area contributed by atoms with Crippen LogP contribution in [0.3, 0.4) is 0 Å². The minimum atomic E-state index is -2.59. The number of carbonyl (C=O) groups excluding carboxylic acids is 1. The van der Waals surface area contributed by atoms with E-state index in [0.717, 1.165) is 10.0 Å². The Morgan fingerprint density at radius 2 is 1.96 bits per heavy atom. The Morgan fingerprint density at radius 3 is 2.52 bits per heavy atom. The third-order valence-electron chi connectivity index (χ3n) is 4.98. The molecular formula is C19H24BrF2NO2. The van der Waals surface area contributed by atoms with Crippen LogP contribution in [-0.2, 0) is 15.1 Å². The topological polar surface area (TPSA) is 38.7 Å². The molecule has 0 aromatic heterocycles. The molecule has 0 amide bonds. The van der Waals surface area contributed by atoms with Crippen molar-refractivity contribution >= 4 is 27.6 Å². The molecular weight excluding hydrogens is 392 g/mol. The lowest BCUT2D eigenvalue weighted by atomic mass is 9.71. The zero-order valence-corrected chi connectivity index (χ0v) is 16.4. The maximum atomic E-state index is 13.6. The van der Waals surface area contributed by atoms with Crippen LogP contribution in [0.2, 0.25) is 0 Å². The predicted octanol–water partition coefficient (Wildman–Crippen LogP) is 5.51. The number of nitrogens with zero attached hydrogens (tertiary/aromatic N) is 1. The molecule has 25 heavy (non-hydrogen) atoms. The number of carbonyl (C=O) groups is 1. The summed E-state index contributed by atoms with van der Waals surface area (Å²) in [5, 5.41) is 0. The average Bonchev–Trinajstić information content (AvgIpc) is 2.54. The second-order valence-electron chi connectivity index (χ2n) is 6.86. The molecule has 2 rings (SSSR count). The largest absolute Gasteiger partial charge is 0.469 e. The maximum Gasteiger partial charge on any atom is 0.311 e. The standard InChI is InChI=1S/C19H24BrF2NO2/c1-13(12-17(24)25-3)23-18(2,15-6-4-5-7-16(15)20)14-8-10-19(21,22)11-9-14/h4-7,14H,8-12H2,1-3H3. The fourth-order valence-corrected chi connectivity index (χ4v) is 4.25. The van der Waals surface area contributed by atoms with Gasteiger partial charge in [0.2, 0.25) is 5.92 Å². The number of alkyl halides is 2. The number of aliphatic imine (C=N–C) groups is 1. The van der Waals surface area contributed by atoms with Crippen LogP contribution < -0.4 is 0 Å². The summed E-state index contributed by atoms with van der Waals surface area (Å²) in [7, 11) is 1.34.